The van der Waals surface area contributed by atoms with E-state index in [1.165, 1.54) is 12.3 Å². The van der Waals surface area contributed by atoms with Gasteiger partial charge in [-0.15, -0.1) is 0 Å². The fourth-order valence-corrected chi connectivity index (χ4v) is 0.354. The molecule has 3 heteroatoms. The molecule has 2 nitrogen and oxygen atoms in total. The van der Waals surface area contributed by atoms with Crippen LogP contribution in [0.1, 0.15) is 0 Å². The van der Waals surface area contributed by atoms with Crippen LogP contribution in [0.2, 0.25) is 0 Å². The maximum absolute atomic E-state index is 8.52. The number of pyridine rings is 1. The fraction of sp³-hybridized carbons (Fsp3) is 0. The molecule has 1 heterocycles. The summed E-state index contributed by atoms with van der Waals surface area (Å²) in [6.07, 6.45) is 1.54. The van der Waals surface area contributed by atoms with E-state index in [1.54, 1.807) is 12.1 Å². The van der Waals surface area contributed by atoms with Gasteiger partial charge in [-0.2, -0.15) is 0 Å². The van der Waals surface area contributed by atoms with Gasteiger partial charge in [0.15, 0.2) is 0 Å². The molecule has 1 radical (unpaired) electrons. The zero-order valence-electron chi connectivity index (χ0n) is 4.28. The maximum Gasteiger partial charge on any atom is 0.210 e. The van der Waals surface area contributed by atoms with Gasteiger partial charge in [-0.25, -0.2) is 4.98 Å². The third-order valence-electron chi connectivity index (χ3n) is 0.649. The second kappa shape index (κ2) is 3.99. The summed E-state index contributed by atoms with van der Waals surface area (Å²) in [5.74, 6) is 0.0718. The van der Waals surface area contributed by atoms with Crippen LogP contribution < -0.4 is 0 Å². The molecule has 1 rings (SSSR count). The smallest absolute Gasteiger partial charge is 0.210 e. The topological polar surface area (TPSA) is 33.1 Å². The molecule has 39 valence electrons. The van der Waals surface area contributed by atoms with Crippen molar-refractivity contribution in [2.45, 2.75) is 0 Å². The summed E-state index contributed by atoms with van der Waals surface area (Å²) in [5, 5.41) is 8.52. The molecule has 8 heavy (non-hydrogen) atoms. The van der Waals surface area contributed by atoms with Crippen LogP contribution in [0.3, 0.4) is 0 Å². The standard InChI is InChI=1S/C5H5NO.Y/c7-5-3-1-2-4-6-5;/h1-4H,(H,6,7);. The number of rotatable bonds is 0. The van der Waals surface area contributed by atoms with Crippen molar-refractivity contribution in [2.75, 3.05) is 0 Å². The monoisotopic (exact) mass is 184 g/mol. The third kappa shape index (κ3) is 2.38. The maximum atomic E-state index is 8.52. The number of hydrogen-bond donors (Lipinski definition) is 1. The molecule has 0 fully saturated rings. The van der Waals surface area contributed by atoms with E-state index in [4.69, 9.17) is 5.11 Å². The summed E-state index contributed by atoms with van der Waals surface area (Å²) in [6, 6.07) is 5.00. The molecular weight excluding hydrogens is 179 g/mol. The Morgan fingerprint density at radius 1 is 1.38 bits per heavy atom. The van der Waals surface area contributed by atoms with Gasteiger partial charge in [0.25, 0.3) is 0 Å². The van der Waals surface area contributed by atoms with Crippen molar-refractivity contribution in [3.05, 3.63) is 24.4 Å². The van der Waals surface area contributed by atoms with Gasteiger partial charge < -0.3 is 5.11 Å². The Hall–Kier alpha value is 0.0539. The second-order valence-corrected chi connectivity index (χ2v) is 1.19. The molecule has 0 aromatic carbocycles. The van der Waals surface area contributed by atoms with E-state index < -0.39 is 0 Å². The van der Waals surface area contributed by atoms with E-state index in [9.17, 15) is 0 Å². The average molecular weight is 184 g/mol. The van der Waals surface area contributed by atoms with Crippen molar-refractivity contribution >= 4 is 0 Å². The SMILES string of the molecule is Oc1ccccn1.[Y]. The Morgan fingerprint density at radius 3 is 2.38 bits per heavy atom. The zero-order valence-corrected chi connectivity index (χ0v) is 7.12. The van der Waals surface area contributed by atoms with Crippen LogP contribution in [0.4, 0.5) is 0 Å². The van der Waals surface area contributed by atoms with Gasteiger partial charge in [-0.1, -0.05) is 6.07 Å². The number of hydrogen-bond acceptors (Lipinski definition) is 2. The van der Waals surface area contributed by atoms with Crippen molar-refractivity contribution in [1.82, 2.24) is 4.98 Å². The van der Waals surface area contributed by atoms with Crippen molar-refractivity contribution in [1.29, 1.82) is 0 Å². The van der Waals surface area contributed by atoms with Crippen molar-refractivity contribution in [3.63, 3.8) is 0 Å². The predicted molar refractivity (Wildman–Crippen MR) is 25.9 cm³/mol. The molecule has 0 aliphatic heterocycles. The van der Waals surface area contributed by atoms with Crippen LogP contribution in [0.15, 0.2) is 24.4 Å². The first-order valence-corrected chi connectivity index (χ1v) is 1.99. The Kier molecular flexibility index (Phi) is 4.01. The van der Waals surface area contributed by atoms with Crippen LogP contribution >= 0.6 is 0 Å². The first kappa shape index (κ1) is 8.05. The molecule has 1 aromatic rings. The molecule has 0 bridgehead atoms. The number of aromatic hydroxyl groups is 1. The summed E-state index contributed by atoms with van der Waals surface area (Å²) in [4.78, 5) is 3.53. The molecule has 1 N–H and O–H groups in total. The van der Waals surface area contributed by atoms with Gasteiger partial charge in [-0.3, -0.25) is 0 Å². The van der Waals surface area contributed by atoms with Crippen LogP contribution in [-0.2, 0) is 32.7 Å². The van der Waals surface area contributed by atoms with Crippen LogP contribution in [0, 0.1) is 0 Å². The van der Waals surface area contributed by atoms with Crippen molar-refractivity contribution in [2.24, 2.45) is 0 Å². The number of aromatic nitrogens is 1. The van der Waals surface area contributed by atoms with Crippen LogP contribution in [0.25, 0.3) is 0 Å². The quantitative estimate of drug-likeness (QED) is 0.646. The first-order valence-electron chi connectivity index (χ1n) is 1.99. The van der Waals surface area contributed by atoms with Crippen molar-refractivity contribution in [3.8, 4) is 5.88 Å². The van der Waals surface area contributed by atoms with Gasteiger partial charge in [0.05, 0.1) is 0 Å². The fourth-order valence-electron chi connectivity index (χ4n) is 0.354. The van der Waals surface area contributed by atoms with E-state index in [0.29, 0.717) is 0 Å². The molecular formula is C5H5NOY. The summed E-state index contributed by atoms with van der Waals surface area (Å²) in [7, 11) is 0. The van der Waals surface area contributed by atoms with E-state index in [0.717, 1.165) is 0 Å². The predicted octanol–water partition coefficient (Wildman–Crippen LogP) is 0.785. The van der Waals surface area contributed by atoms with Crippen molar-refractivity contribution < 1.29 is 37.8 Å². The van der Waals surface area contributed by atoms with Gasteiger partial charge in [0, 0.05) is 45.0 Å². The first-order chi connectivity index (χ1) is 3.39. The minimum Gasteiger partial charge on any atom is -0.493 e. The van der Waals surface area contributed by atoms with E-state index in [-0.39, 0.29) is 38.6 Å². The summed E-state index contributed by atoms with van der Waals surface area (Å²) in [6.45, 7) is 0. The average Bonchev–Trinajstić information content (AvgIpc) is 1.69. The van der Waals surface area contributed by atoms with E-state index in [2.05, 4.69) is 4.98 Å². The summed E-state index contributed by atoms with van der Waals surface area (Å²) in [5.41, 5.74) is 0. The minimum atomic E-state index is 0. The van der Waals surface area contributed by atoms with Crippen LogP contribution in [-0.4, -0.2) is 10.1 Å². The van der Waals surface area contributed by atoms with E-state index in [1.807, 2.05) is 0 Å². The molecule has 0 saturated heterocycles. The summed E-state index contributed by atoms with van der Waals surface area (Å²) < 4.78 is 0. The van der Waals surface area contributed by atoms with Gasteiger partial charge in [0.2, 0.25) is 5.88 Å². The van der Waals surface area contributed by atoms with Gasteiger partial charge in [-0.05, 0) is 6.07 Å². The number of nitrogens with zero attached hydrogens (tertiary/aromatic N) is 1. The Balaban J connectivity index is 0.000000490. The normalized spacial score (nSPS) is 7.50. The molecule has 0 unspecified atom stereocenters. The second-order valence-electron chi connectivity index (χ2n) is 1.19. The third-order valence-corrected chi connectivity index (χ3v) is 0.649. The minimum absolute atomic E-state index is 0. The molecule has 0 aliphatic rings. The van der Waals surface area contributed by atoms with Crippen LogP contribution in [0.5, 0.6) is 5.88 Å². The Morgan fingerprint density at radius 2 is 2.12 bits per heavy atom. The molecule has 0 atom stereocenters. The molecule has 0 spiro atoms. The van der Waals surface area contributed by atoms with Gasteiger partial charge in [0.1, 0.15) is 0 Å². The van der Waals surface area contributed by atoms with Gasteiger partial charge >= 0.3 is 0 Å². The zero-order chi connectivity index (χ0) is 5.11. The molecule has 0 aliphatic carbocycles. The Labute approximate surface area is 72.8 Å². The summed E-state index contributed by atoms with van der Waals surface area (Å²) >= 11 is 0. The molecule has 1 aromatic heterocycles. The molecule has 0 amide bonds. The largest absolute Gasteiger partial charge is 0.493 e. The Bertz CT molecular complexity index is 142. The van der Waals surface area contributed by atoms with E-state index >= 15 is 0 Å². The molecule has 0 saturated carbocycles.